The van der Waals surface area contributed by atoms with Crippen molar-refractivity contribution in [1.82, 2.24) is 0 Å². The monoisotopic (exact) mass is 135 g/mol. The first kappa shape index (κ1) is 5.09. The molecule has 0 aliphatic carbocycles. The van der Waals surface area contributed by atoms with Crippen molar-refractivity contribution < 1.29 is 11.2 Å². The second kappa shape index (κ2) is 2.71. The van der Waals surface area contributed by atoms with E-state index in [0.717, 1.165) is 0 Å². The molecule has 3 atom stereocenters. The normalized spacial score (nSPS) is 49.2. The van der Waals surface area contributed by atoms with Gasteiger partial charge in [0.05, 0.1) is 12.7 Å². The summed E-state index contributed by atoms with van der Waals surface area (Å²) in [7, 11) is 0. The number of hydrogen-bond acceptors (Lipinski definition) is 3. The molecule has 8 heavy (non-hydrogen) atoms. The predicted octanol–water partition coefficient (Wildman–Crippen LogP) is 0.457. The lowest BCUT2D eigenvalue weighted by atomic mass is 10.3. The molecule has 0 saturated carbocycles. The number of thioether (sulfide) groups is 1. The molecule has 1 heterocycles. The van der Waals surface area contributed by atoms with E-state index < -0.39 is 12.5 Å². The Balaban J connectivity index is 2.41. The van der Waals surface area contributed by atoms with Crippen LogP contribution in [0.5, 0.6) is 0 Å². The number of aliphatic hydroxyl groups is 1. The van der Waals surface area contributed by atoms with Gasteiger partial charge in [0.2, 0.25) is 0 Å². The SMILES string of the molecule is [2H]C1C(O)COC1SC. The van der Waals surface area contributed by atoms with Gasteiger partial charge in [-0.3, -0.25) is 0 Å². The van der Waals surface area contributed by atoms with E-state index in [9.17, 15) is 0 Å². The molecule has 2 nitrogen and oxygen atoms in total. The Labute approximate surface area is 54.6 Å². The van der Waals surface area contributed by atoms with Crippen LogP contribution in [-0.2, 0) is 4.74 Å². The molecule has 0 aromatic rings. The van der Waals surface area contributed by atoms with E-state index in [-0.39, 0.29) is 5.44 Å². The zero-order valence-corrected chi connectivity index (χ0v) is 5.52. The van der Waals surface area contributed by atoms with E-state index in [0.29, 0.717) is 6.61 Å². The summed E-state index contributed by atoms with van der Waals surface area (Å²) in [5.74, 6) is 0. The average Bonchev–Trinajstić information content (AvgIpc) is 2.15. The van der Waals surface area contributed by atoms with Gasteiger partial charge in [-0.1, -0.05) is 0 Å². The molecule has 1 rings (SSSR count). The molecule has 0 spiro atoms. The van der Waals surface area contributed by atoms with Crippen LogP contribution >= 0.6 is 11.8 Å². The molecule has 0 bridgehead atoms. The summed E-state index contributed by atoms with van der Waals surface area (Å²) >= 11 is 1.47. The molecule has 3 heteroatoms. The van der Waals surface area contributed by atoms with E-state index >= 15 is 0 Å². The lowest BCUT2D eigenvalue weighted by Gasteiger charge is -2.00. The summed E-state index contributed by atoms with van der Waals surface area (Å²) in [5.41, 5.74) is -0.125. The predicted molar refractivity (Wildman–Crippen MR) is 33.9 cm³/mol. The third-order valence-electron chi connectivity index (χ3n) is 1.04. The molecular weight excluding hydrogens is 124 g/mol. The Morgan fingerprint density at radius 1 is 2.00 bits per heavy atom. The van der Waals surface area contributed by atoms with Crippen LogP contribution in [0, 0.1) is 0 Å². The van der Waals surface area contributed by atoms with Gasteiger partial charge >= 0.3 is 0 Å². The zero-order valence-electron chi connectivity index (χ0n) is 5.70. The highest BCUT2D eigenvalue weighted by atomic mass is 32.2. The molecule has 0 amide bonds. The van der Waals surface area contributed by atoms with Crippen LogP contribution in [0.2, 0.25) is 0 Å². The van der Waals surface area contributed by atoms with Crippen molar-refractivity contribution in [1.29, 1.82) is 0 Å². The van der Waals surface area contributed by atoms with E-state index in [1.165, 1.54) is 11.8 Å². The molecule has 1 aliphatic rings. The first-order valence-corrected chi connectivity index (χ1v) is 3.79. The van der Waals surface area contributed by atoms with Crippen LogP contribution in [0.15, 0.2) is 0 Å². The zero-order chi connectivity index (χ0) is 6.85. The standard InChI is InChI=1S/C5H10O2S/c1-8-5-2-4(6)3-7-5/h4-6H,2-3H2,1H3/i2D. The van der Waals surface area contributed by atoms with Gasteiger partial charge in [-0.15, -0.1) is 11.8 Å². The highest BCUT2D eigenvalue weighted by Crippen LogP contribution is 2.20. The third kappa shape index (κ3) is 1.37. The van der Waals surface area contributed by atoms with Crippen LogP contribution in [0.4, 0.5) is 0 Å². The Bertz CT molecular complexity index is 101. The summed E-state index contributed by atoms with van der Waals surface area (Å²) in [6.45, 7) is 0.319. The van der Waals surface area contributed by atoms with Gasteiger partial charge in [-0.05, 0) is 6.26 Å². The maximum atomic E-state index is 8.97. The van der Waals surface area contributed by atoms with Crippen molar-refractivity contribution in [2.24, 2.45) is 0 Å². The van der Waals surface area contributed by atoms with Gasteiger partial charge in [-0.2, -0.15) is 0 Å². The quantitative estimate of drug-likeness (QED) is 0.566. The summed E-state index contributed by atoms with van der Waals surface area (Å²) in [6.07, 6.45) is 0.840. The summed E-state index contributed by atoms with van der Waals surface area (Å²) in [6, 6.07) is 0. The Morgan fingerprint density at radius 2 is 2.75 bits per heavy atom. The van der Waals surface area contributed by atoms with Crippen LogP contribution in [-0.4, -0.2) is 29.5 Å². The van der Waals surface area contributed by atoms with E-state index in [2.05, 4.69) is 0 Å². The smallest absolute Gasteiger partial charge is 0.105 e. The van der Waals surface area contributed by atoms with Crippen molar-refractivity contribution in [3.05, 3.63) is 0 Å². The fourth-order valence-corrected chi connectivity index (χ4v) is 1.19. The van der Waals surface area contributed by atoms with Gasteiger partial charge in [0.1, 0.15) is 5.44 Å². The maximum absolute atomic E-state index is 8.97. The Morgan fingerprint density at radius 3 is 3.00 bits per heavy atom. The highest BCUT2D eigenvalue weighted by molar-refractivity contribution is 7.99. The van der Waals surface area contributed by atoms with Gasteiger partial charge in [0.15, 0.2) is 0 Å². The molecule has 1 N–H and O–H groups in total. The van der Waals surface area contributed by atoms with Crippen molar-refractivity contribution >= 4 is 11.8 Å². The molecular formula is C5H10O2S. The highest BCUT2D eigenvalue weighted by Gasteiger charge is 2.21. The first-order valence-electron chi connectivity index (χ1n) is 3.08. The third-order valence-corrected chi connectivity index (χ3v) is 1.80. The number of rotatable bonds is 1. The second-order valence-electron chi connectivity index (χ2n) is 1.70. The van der Waals surface area contributed by atoms with Gasteiger partial charge < -0.3 is 9.84 Å². The van der Waals surface area contributed by atoms with Crippen molar-refractivity contribution in [2.45, 2.75) is 17.9 Å². The van der Waals surface area contributed by atoms with Gasteiger partial charge in [0.25, 0.3) is 0 Å². The molecule has 0 aromatic heterocycles. The molecule has 1 fully saturated rings. The van der Waals surface area contributed by atoms with Crippen LogP contribution in [0.1, 0.15) is 7.77 Å². The van der Waals surface area contributed by atoms with Crippen LogP contribution < -0.4 is 0 Å². The van der Waals surface area contributed by atoms with Gasteiger partial charge in [-0.25, -0.2) is 0 Å². The van der Waals surface area contributed by atoms with Crippen LogP contribution in [0.3, 0.4) is 0 Å². The first-order chi connectivity index (χ1) is 4.25. The maximum Gasteiger partial charge on any atom is 0.105 e. The lowest BCUT2D eigenvalue weighted by molar-refractivity contribution is 0.119. The fraction of sp³-hybridized carbons (Fsp3) is 1.00. The minimum atomic E-state index is -0.581. The summed E-state index contributed by atoms with van der Waals surface area (Å²) in [5, 5.41) is 8.97. The second-order valence-corrected chi connectivity index (χ2v) is 2.63. The van der Waals surface area contributed by atoms with Gasteiger partial charge in [0, 0.05) is 7.77 Å². The average molecular weight is 135 g/mol. The molecule has 0 radical (unpaired) electrons. The van der Waals surface area contributed by atoms with E-state index in [4.69, 9.17) is 11.2 Å². The number of aliphatic hydroxyl groups excluding tert-OH is 1. The Kier molecular flexibility index (Phi) is 1.72. The summed E-state index contributed by atoms with van der Waals surface area (Å²) in [4.78, 5) is 0. The minimum absolute atomic E-state index is 0.125. The Hall–Kier alpha value is 0.270. The van der Waals surface area contributed by atoms with E-state index in [1.807, 2.05) is 6.26 Å². The topological polar surface area (TPSA) is 29.5 Å². The van der Waals surface area contributed by atoms with Crippen molar-refractivity contribution in [2.75, 3.05) is 12.9 Å². The number of ether oxygens (including phenoxy) is 1. The lowest BCUT2D eigenvalue weighted by Crippen LogP contribution is -2.03. The fourth-order valence-electron chi connectivity index (χ4n) is 0.633. The molecule has 1 saturated heterocycles. The van der Waals surface area contributed by atoms with Crippen molar-refractivity contribution in [3.63, 3.8) is 0 Å². The van der Waals surface area contributed by atoms with E-state index in [1.54, 1.807) is 0 Å². The molecule has 0 aromatic carbocycles. The molecule has 48 valence electrons. The molecule has 1 aliphatic heterocycles. The van der Waals surface area contributed by atoms with Crippen molar-refractivity contribution in [3.8, 4) is 0 Å². The molecule has 3 unspecified atom stereocenters. The number of hydrogen-bond donors (Lipinski definition) is 1. The summed E-state index contributed by atoms with van der Waals surface area (Å²) < 4.78 is 12.4. The minimum Gasteiger partial charge on any atom is -0.391 e. The largest absolute Gasteiger partial charge is 0.391 e. The van der Waals surface area contributed by atoms with Crippen LogP contribution in [0.25, 0.3) is 0 Å².